The normalized spacial score (nSPS) is 10.8. The number of anilines is 1. The number of nitrogens with two attached hydrogens (primary N) is 1. The van der Waals surface area contributed by atoms with Crippen molar-refractivity contribution in [1.82, 2.24) is 5.16 Å². The van der Waals surface area contributed by atoms with Crippen LogP contribution in [0, 0.1) is 0 Å². The zero-order chi connectivity index (χ0) is 13.0. The lowest BCUT2D eigenvalue weighted by atomic mass is 10.3. The van der Waals surface area contributed by atoms with Crippen molar-refractivity contribution in [3.05, 3.63) is 40.7 Å². The maximum Gasteiger partial charge on any atom is 0.162 e. The Kier molecular flexibility index (Phi) is 4.52. The van der Waals surface area contributed by atoms with Gasteiger partial charge in [-0.15, -0.1) is 11.8 Å². The third kappa shape index (κ3) is 3.19. The third-order valence-corrected chi connectivity index (χ3v) is 3.87. The summed E-state index contributed by atoms with van der Waals surface area (Å²) in [6.45, 7) is 0.423. The van der Waals surface area contributed by atoms with Gasteiger partial charge >= 0.3 is 0 Å². The van der Waals surface area contributed by atoms with Crippen LogP contribution in [-0.4, -0.2) is 12.3 Å². The molecule has 0 spiro atoms. The number of hydrogen-bond acceptors (Lipinski definition) is 5. The number of hydrogen-bond donors (Lipinski definition) is 1. The van der Waals surface area contributed by atoms with Crippen LogP contribution >= 0.6 is 23.4 Å². The second-order valence-electron chi connectivity index (χ2n) is 3.66. The van der Waals surface area contributed by atoms with Gasteiger partial charge < -0.3 is 15.0 Å². The van der Waals surface area contributed by atoms with Gasteiger partial charge in [-0.2, -0.15) is 0 Å². The molecule has 0 bridgehead atoms. The van der Waals surface area contributed by atoms with Crippen molar-refractivity contribution in [1.29, 1.82) is 0 Å². The van der Waals surface area contributed by atoms with Gasteiger partial charge in [0.15, 0.2) is 5.76 Å². The molecule has 2 aromatic rings. The van der Waals surface area contributed by atoms with E-state index < -0.39 is 0 Å². The van der Waals surface area contributed by atoms with Gasteiger partial charge in [0.05, 0.1) is 10.7 Å². The molecule has 0 fully saturated rings. The molecule has 0 amide bonds. The molecular formula is C12H13ClN2O2S. The van der Waals surface area contributed by atoms with Crippen LogP contribution < -0.4 is 5.73 Å². The SMILES string of the molecule is COCc1cc(CSc2c(N)cccc2Cl)no1. The van der Waals surface area contributed by atoms with Gasteiger partial charge in [0.2, 0.25) is 0 Å². The molecule has 0 unspecified atom stereocenters. The molecule has 0 saturated carbocycles. The van der Waals surface area contributed by atoms with Gasteiger partial charge in [0, 0.05) is 29.5 Å². The van der Waals surface area contributed by atoms with Gasteiger partial charge in [0.1, 0.15) is 6.61 Å². The molecule has 0 radical (unpaired) electrons. The van der Waals surface area contributed by atoms with Crippen molar-refractivity contribution in [2.45, 2.75) is 17.3 Å². The highest BCUT2D eigenvalue weighted by Gasteiger charge is 2.08. The molecule has 0 aliphatic rings. The smallest absolute Gasteiger partial charge is 0.162 e. The predicted molar refractivity (Wildman–Crippen MR) is 72.6 cm³/mol. The Morgan fingerprint density at radius 3 is 3.06 bits per heavy atom. The maximum absolute atomic E-state index is 6.09. The number of nitrogens with zero attached hydrogens (tertiary/aromatic N) is 1. The van der Waals surface area contributed by atoms with E-state index in [0.29, 0.717) is 28.8 Å². The number of nitrogen functional groups attached to an aromatic ring is 1. The van der Waals surface area contributed by atoms with Gasteiger partial charge in [-0.3, -0.25) is 0 Å². The average Bonchev–Trinajstić information content (AvgIpc) is 2.77. The first-order chi connectivity index (χ1) is 8.70. The Morgan fingerprint density at radius 1 is 1.50 bits per heavy atom. The van der Waals surface area contributed by atoms with Crippen LogP contribution in [0.25, 0.3) is 0 Å². The Morgan fingerprint density at radius 2 is 2.33 bits per heavy atom. The number of methoxy groups -OCH3 is 1. The van der Waals surface area contributed by atoms with E-state index >= 15 is 0 Å². The first kappa shape index (κ1) is 13.3. The monoisotopic (exact) mass is 284 g/mol. The molecule has 0 atom stereocenters. The van der Waals surface area contributed by atoms with Crippen molar-refractivity contribution in [3.63, 3.8) is 0 Å². The summed E-state index contributed by atoms with van der Waals surface area (Å²) in [7, 11) is 1.61. The van der Waals surface area contributed by atoms with Crippen LogP contribution in [0.2, 0.25) is 5.02 Å². The Bertz CT molecular complexity index is 510. The predicted octanol–water partition coefficient (Wildman–Crippen LogP) is 3.35. The summed E-state index contributed by atoms with van der Waals surface area (Å²) < 4.78 is 10.1. The summed E-state index contributed by atoms with van der Waals surface area (Å²) in [5, 5.41) is 4.60. The standard InChI is InChI=1S/C12H13ClN2O2S/c1-16-6-9-5-8(15-17-9)7-18-12-10(13)3-2-4-11(12)14/h2-5H,6-7,14H2,1H3. The molecule has 96 valence electrons. The maximum atomic E-state index is 6.09. The Hall–Kier alpha value is -1.17. The fourth-order valence-corrected chi connectivity index (χ4v) is 2.67. The molecule has 0 aliphatic heterocycles. The highest BCUT2D eigenvalue weighted by Crippen LogP contribution is 2.34. The zero-order valence-electron chi connectivity index (χ0n) is 9.85. The quantitative estimate of drug-likeness (QED) is 0.674. The zero-order valence-corrected chi connectivity index (χ0v) is 11.4. The minimum Gasteiger partial charge on any atom is -0.398 e. The van der Waals surface area contributed by atoms with Crippen LogP contribution in [0.1, 0.15) is 11.5 Å². The average molecular weight is 285 g/mol. The van der Waals surface area contributed by atoms with Gasteiger partial charge in [-0.05, 0) is 12.1 Å². The summed E-state index contributed by atoms with van der Waals surface area (Å²) in [4.78, 5) is 0.871. The van der Waals surface area contributed by atoms with Crippen molar-refractivity contribution >= 4 is 29.1 Å². The molecular weight excluding hydrogens is 272 g/mol. The van der Waals surface area contributed by atoms with Gasteiger partial charge in [-0.1, -0.05) is 22.8 Å². The van der Waals surface area contributed by atoms with Crippen molar-refractivity contribution in [2.75, 3.05) is 12.8 Å². The van der Waals surface area contributed by atoms with Crippen LogP contribution in [0.3, 0.4) is 0 Å². The van der Waals surface area contributed by atoms with E-state index in [1.54, 1.807) is 7.11 Å². The van der Waals surface area contributed by atoms with E-state index in [1.807, 2.05) is 24.3 Å². The molecule has 6 heteroatoms. The highest BCUT2D eigenvalue weighted by molar-refractivity contribution is 7.98. The topological polar surface area (TPSA) is 61.3 Å². The van der Waals surface area contributed by atoms with Crippen LogP contribution in [0.5, 0.6) is 0 Å². The molecule has 18 heavy (non-hydrogen) atoms. The molecule has 0 saturated heterocycles. The van der Waals surface area contributed by atoms with E-state index in [9.17, 15) is 0 Å². The van der Waals surface area contributed by atoms with E-state index in [4.69, 9.17) is 26.6 Å². The number of thioether (sulfide) groups is 1. The molecule has 4 nitrogen and oxygen atoms in total. The summed E-state index contributed by atoms with van der Waals surface area (Å²) >= 11 is 7.62. The molecule has 1 aromatic carbocycles. The molecule has 2 rings (SSSR count). The lowest BCUT2D eigenvalue weighted by Gasteiger charge is -2.05. The van der Waals surface area contributed by atoms with E-state index in [2.05, 4.69) is 5.16 Å². The molecule has 1 aromatic heterocycles. The first-order valence-electron chi connectivity index (χ1n) is 5.31. The minimum atomic E-state index is 0.423. The lowest BCUT2D eigenvalue weighted by molar-refractivity contribution is 0.156. The largest absolute Gasteiger partial charge is 0.398 e. The highest BCUT2D eigenvalue weighted by atomic mass is 35.5. The second kappa shape index (κ2) is 6.13. The van der Waals surface area contributed by atoms with Crippen molar-refractivity contribution in [3.8, 4) is 0 Å². The number of aromatic nitrogens is 1. The summed E-state index contributed by atoms with van der Waals surface area (Å²) in [6.07, 6.45) is 0. The fourth-order valence-electron chi connectivity index (χ4n) is 1.46. The number of rotatable bonds is 5. The summed E-state index contributed by atoms with van der Waals surface area (Å²) in [5.41, 5.74) is 7.38. The van der Waals surface area contributed by atoms with Crippen LogP contribution in [0.4, 0.5) is 5.69 Å². The minimum absolute atomic E-state index is 0.423. The van der Waals surface area contributed by atoms with Gasteiger partial charge in [-0.25, -0.2) is 0 Å². The lowest BCUT2D eigenvalue weighted by Crippen LogP contribution is -1.89. The Labute approximate surface area is 114 Å². The number of ether oxygens (including phenoxy) is 1. The van der Waals surface area contributed by atoms with Crippen molar-refractivity contribution in [2.24, 2.45) is 0 Å². The number of benzene rings is 1. The second-order valence-corrected chi connectivity index (χ2v) is 5.06. The van der Waals surface area contributed by atoms with E-state index in [-0.39, 0.29) is 0 Å². The third-order valence-electron chi connectivity index (χ3n) is 2.26. The number of halogens is 1. The van der Waals surface area contributed by atoms with Crippen LogP contribution in [-0.2, 0) is 17.1 Å². The molecule has 1 heterocycles. The first-order valence-corrected chi connectivity index (χ1v) is 6.67. The Balaban J connectivity index is 2.02. The summed E-state index contributed by atoms with van der Waals surface area (Å²) in [6, 6.07) is 7.34. The fraction of sp³-hybridized carbons (Fsp3) is 0.250. The van der Waals surface area contributed by atoms with Crippen molar-refractivity contribution < 1.29 is 9.26 Å². The van der Waals surface area contributed by atoms with Crippen LogP contribution in [0.15, 0.2) is 33.7 Å². The summed E-state index contributed by atoms with van der Waals surface area (Å²) in [5.74, 6) is 1.36. The van der Waals surface area contributed by atoms with Gasteiger partial charge in [0.25, 0.3) is 0 Å². The molecule has 2 N–H and O–H groups in total. The van der Waals surface area contributed by atoms with E-state index in [0.717, 1.165) is 10.6 Å². The molecule has 0 aliphatic carbocycles. The van der Waals surface area contributed by atoms with E-state index in [1.165, 1.54) is 11.8 Å².